The number of nitriles is 1. The highest BCUT2D eigenvalue weighted by atomic mass is 16.5. The van der Waals surface area contributed by atoms with E-state index in [-0.39, 0.29) is 11.8 Å². The molecule has 1 rings (SSSR count). The van der Waals surface area contributed by atoms with Gasteiger partial charge in [0.2, 0.25) is 5.91 Å². The molecule has 1 fully saturated rings. The molecule has 0 bridgehead atoms. The van der Waals surface area contributed by atoms with Gasteiger partial charge >= 0.3 is 0 Å². The van der Waals surface area contributed by atoms with Crippen LogP contribution in [0.25, 0.3) is 0 Å². The summed E-state index contributed by atoms with van der Waals surface area (Å²) in [6.45, 7) is 2.70. The molecule has 0 aromatic heterocycles. The molecule has 1 heterocycles. The molecule has 0 aliphatic carbocycles. The quantitative estimate of drug-likeness (QED) is 0.658. The van der Waals surface area contributed by atoms with Crippen LogP contribution >= 0.6 is 0 Å². The van der Waals surface area contributed by atoms with E-state index >= 15 is 0 Å². The van der Waals surface area contributed by atoms with Gasteiger partial charge in [-0.3, -0.25) is 4.79 Å². The van der Waals surface area contributed by atoms with E-state index in [4.69, 9.17) is 14.7 Å². The van der Waals surface area contributed by atoms with Crippen LogP contribution in [0, 0.1) is 17.2 Å². The molecule has 0 spiro atoms. The highest BCUT2D eigenvalue weighted by Gasteiger charge is 2.27. The monoisotopic (exact) mass is 226 g/mol. The van der Waals surface area contributed by atoms with Gasteiger partial charge in [0.25, 0.3) is 0 Å². The van der Waals surface area contributed by atoms with Crippen molar-refractivity contribution in [3.8, 4) is 6.07 Å². The van der Waals surface area contributed by atoms with E-state index in [1.807, 2.05) is 0 Å². The first kappa shape index (κ1) is 12.9. The van der Waals surface area contributed by atoms with Crippen molar-refractivity contribution in [2.24, 2.45) is 5.92 Å². The Morgan fingerprint density at radius 3 is 3.00 bits per heavy atom. The van der Waals surface area contributed by atoms with Gasteiger partial charge in [-0.1, -0.05) is 0 Å². The van der Waals surface area contributed by atoms with Crippen molar-refractivity contribution >= 4 is 5.91 Å². The minimum atomic E-state index is -0.0319. The Kier molecular flexibility index (Phi) is 5.83. The molecule has 5 nitrogen and oxygen atoms in total. The lowest BCUT2D eigenvalue weighted by molar-refractivity contribution is -0.136. The predicted molar refractivity (Wildman–Crippen MR) is 57.6 cm³/mol. The van der Waals surface area contributed by atoms with Gasteiger partial charge < -0.3 is 14.4 Å². The van der Waals surface area contributed by atoms with Crippen molar-refractivity contribution in [2.75, 3.05) is 40.0 Å². The first-order valence-corrected chi connectivity index (χ1v) is 5.52. The molecule has 0 aromatic rings. The molecule has 1 aliphatic heterocycles. The van der Waals surface area contributed by atoms with Gasteiger partial charge in [-0.2, -0.15) is 5.26 Å². The topological polar surface area (TPSA) is 62.6 Å². The number of carbonyl (C=O) groups excluding carboxylic acids is 1. The summed E-state index contributed by atoms with van der Waals surface area (Å²) < 4.78 is 10.2. The number of nitrogens with zero attached hydrogens (tertiary/aromatic N) is 2. The number of amides is 1. The molecule has 0 saturated carbocycles. The Bertz CT molecular complexity index is 256. The van der Waals surface area contributed by atoms with Gasteiger partial charge in [0.1, 0.15) is 0 Å². The molecule has 1 aliphatic rings. The molecule has 0 aromatic carbocycles. The number of carbonyl (C=O) groups is 1. The smallest absolute Gasteiger partial charge is 0.228 e. The molecule has 1 amide bonds. The van der Waals surface area contributed by atoms with Crippen LogP contribution < -0.4 is 0 Å². The van der Waals surface area contributed by atoms with Crippen molar-refractivity contribution in [1.29, 1.82) is 5.26 Å². The fourth-order valence-corrected chi connectivity index (χ4v) is 1.71. The summed E-state index contributed by atoms with van der Waals surface area (Å²) in [5, 5.41) is 8.54. The second-order valence-electron chi connectivity index (χ2n) is 3.79. The highest BCUT2D eigenvalue weighted by molar-refractivity contribution is 5.79. The maximum Gasteiger partial charge on any atom is 0.228 e. The Labute approximate surface area is 95.9 Å². The summed E-state index contributed by atoms with van der Waals surface area (Å²) in [7, 11) is 1.60. The molecular weight excluding hydrogens is 208 g/mol. The van der Waals surface area contributed by atoms with Crippen molar-refractivity contribution in [2.45, 2.75) is 12.8 Å². The second-order valence-corrected chi connectivity index (χ2v) is 3.79. The van der Waals surface area contributed by atoms with Crippen molar-refractivity contribution < 1.29 is 14.3 Å². The van der Waals surface area contributed by atoms with Crippen LogP contribution in [0.4, 0.5) is 0 Å². The average Bonchev–Trinajstić information content (AvgIpc) is 2.82. The normalized spacial score (nSPS) is 19.4. The zero-order valence-electron chi connectivity index (χ0n) is 9.65. The molecule has 1 unspecified atom stereocenters. The number of hydrogen-bond donors (Lipinski definition) is 0. The maximum atomic E-state index is 12.0. The molecule has 0 N–H and O–H groups in total. The fourth-order valence-electron chi connectivity index (χ4n) is 1.71. The fraction of sp³-hybridized carbons (Fsp3) is 0.818. The van der Waals surface area contributed by atoms with E-state index in [2.05, 4.69) is 6.07 Å². The van der Waals surface area contributed by atoms with Crippen LogP contribution in [0.2, 0.25) is 0 Å². The summed E-state index contributed by atoms with van der Waals surface area (Å²) in [5.74, 6) is 0.0559. The van der Waals surface area contributed by atoms with Crippen molar-refractivity contribution in [3.05, 3.63) is 0 Å². The van der Waals surface area contributed by atoms with Crippen LogP contribution in [-0.4, -0.2) is 50.8 Å². The van der Waals surface area contributed by atoms with E-state index in [1.165, 1.54) is 0 Å². The zero-order valence-corrected chi connectivity index (χ0v) is 9.65. The Morgan fingerprint density at radius 2 is 2.44 bits per heavy atom. The zero-order chi connectivity index (χ0) is 11.8. The molecular formula is C11H18N2O3. The van der Waals surface area contributed by atoms with E-state index in [0.29, 0.717) is 39.3 Å². The first-order chi connectivity index (χ1) is 7.79. The van der Waals surface area contributed by atoms with Gasteiger partial charge in [-0.05, 0) is 6.42 Å². The number of rotatable bonds is 6. The minimum Gasteiger partial charge on any atom is -0.383 e. The minimum absolute atomic E-state index is 0.0319. The molecule has 0 radical (unpaired) electrons. The Hall–Kier alpha value is -1.12. The van der Waals surface area contributed by atoms with E-state index in [0.717, 1.165) is 6.42 Å². The molecule has 1 saturated heterocycles. The summed E-state index contributed by atoms with van der Waals surface area (Å²) in [4.78, 5) is 13.7. The van der Waals surface area contributed by atoms with Crippen LogP contribution in [0.15, 0.2) is 0 Å². The second kappa shape index (κ2) is 7.20. The average molecular weight is 226 g/mol. The predicted octanol–water partition coefficient (Wildman–Crippen LogP) is 0.412. The summed E-state index contributed by atoms with van der Waals surface area (Å²) in [6, 6.07) is 2.05. The van der Waals surface area contributed by atoms with Crippen molar-refractivity contribution in [1.82, 2.24) is 4.90 Å². The van der Waals surface area contributed by atoms with Crippen LogP contribution in [-0.2, 0) is 14.3 Å². The van der Waals surface area contributed by atoms with Crippen LogP contribution in [0.5, 0.6) is 0 Å². The highest BCUT2D eigenvalue weighted by Crippen LogP contribution is 2.15. The Balaban J connectivity index is 2.45. The van der Waals surface area contributed by atoms with E-state index in [9.17, 15) is 4.79 Å². The van der Waals surface area contributed by atoms with Gasteiger partial charge in [-0.25, -0.2) is 0 Å². The summed E-state index contributed by atoms with van der Waals surface area (Å²) >= 11 is 0. The third-order valence-electron chi connectivity index (χ3n) is 2.65. The lowest BCUT2D eigenvalue weighted by atomic mass is 10.1. The van der Waals surface area contributed by atoms with E-state index in [1.54, 1.807) is 12.0 Å². The third-order valence-corrected chi connectivity index (χ3v) is 2.65. The Morgan fingerprint density at radius 1 is 1.62 bits per heavy atom. The van der Waals surface area contributed by atoms with Crippen LogP contribution in [0.3, 0.4) is 0 Å². The first-order valence-electron chi connectivity index (χ1n) is 5.52. The van der Waals surface area contributed by atoms with E-state index < -0.39 is 0 Å². The van der Waals surface area contributed by atoms with Gasteiger partial charge in [0.15, 0.2) is 0 Å². The molecule has 5 heteroatoms. The SMILES string of the molecule is COCCN(CCC#N)C(=O)C1CCOC1. The molecule has 16 heavy (non-hydrogen) atoms. The number of hydrogen-bond acceptors (Lipinski definition) is 4. The summed E-state index contributed by atoms with van der Waals surface area (Å²) in [6.07, 6.45) is 1.15. The molecule has 1 atom stereocenters. The third kappa shape index (κ3) is 3.80. The lowest BCUT2D eigenvalue weighted by Gasteiger charge is -2.23. The van der Waals surface area contributed by atoms with Gasteiger partial charge in [0, 0.05) is 26.8 Å². The largest absolute Gasteiger partial charge is 0.383 e. The number of methoxy groups -OCH3 is 1. The maximum absolute atomic E-state index is 12.0. The van der Waals surface area contributed by atoms with Gasteiger partial charge in [0.05, 0.1) is 31.6 Å². The standard InChI is InChI=1S/C11H18N2O3/c1-15-8-6-13(5-2-4-12)11(14)10-3-7-16-9-10/h10H,2-3,5-9H2,1H3. The lowest BCUT2D eigenvalue weighted by Crippen LogP contribution is -2.39. The van der Waals surface area contributed by atoms with Crippen LogP contribution in [0.1, 0.15) is 12.8 Å². The van der Waals surface area contributed by atoms with Crippen molar-refractivity contribution in [3.63, 3.8) is 0 Å². The van der Waals surface area contributed by atoms with Gasteiger partial charge in [-0.15, -0.1) is 0 Å². The summed E-state index contributed by atoms with van der Waals surface area (Å²) in [5.41, 5.74) is 0. The number of ether oxygens (including phenoxy) is 2. The molecule has 90 valence electrons.